The Morgan fingerprint density at radius 3 is 1.43 bits per heavy atom. The average Bonchev–Trinajstić information content (AvgIpc) is 2.02. The highest BCUT2D eigenvalue weighted by molar-refractivity contribution is 6.19. The minimum Gasteiger partial charge on any atom is -0.476 e. The first-order valence-electron chi connectivity index (χ1n) is 3.16. The summed E-state index contributed by atoms with van der Waals surface area (Å²) in [5.74, 6) is -1.30. The van der Waals surface area contributed by atoms with Gasteiger partial charge in [-0.2, -0.15) is 15.0 Å². The predicted octanol–water partition coefficient (Wildman–Crippen LogP) is -2.11. The van der Waals surface area contributed by atoms with Crippen LogP contribution >= 0.6 is 0 Å². The van der Waals surface area contributed by atoms with Crippen LogP contribution in [0, 0.1) is 0 Å². The number of anilines is 3. The van der Waals surface area contributed by atoms with Crippen LogP contribution in [0.5, 0.6) is 0 Å². The third-order valence-electron chi connectivity index (χ3n) is 0.788. The van der Waals surface area contributed by atoms with E-state index in [0.29, 0.717) is 0 Å². The molecule has 0 aromatic carbocycles. The molecular formula is C5H8N6O3. The number of aliphatic carboxylic acids is 1. The molecule has 7 N–H and O–H groups in total. The highest BCUT2D eigenvalue weighted by atomic mass is 16.4. The Hall–Kier alpha value is -2.45. The molecule has 14 heavy (non-hydrogen) atoms. The zero-order valence-electron chi connectivity index (χ0n) is 6.91. The maximum Gasteiger partial charge on any atom is 0.368 e. The molecule has 0 bridgehead atoms. The number of aromatic nitrogens is 3. The van der Waals surface area contributed by atoms with Gasteiger partial charge in [-0.1, -0.05) is 0 Å². The van der Waals surface area contributed by atoms with E-state index in [4.69, 9.17) is 31.9 Å². The largest absolute Gasteiger partial charge is 0.476 e. The van der Waals surface area contributed by atoms with Crippen LogP contribution in [-0.2, 0) is 9.59 Å². The summed E-state index contributed by atoms with van der Waals surface area (Å²) < 4.78 is 0. The van der Waals surface area contributed by atoms with Gasteiger partial charge in [0.15, 0.2) is 0 Å². The van der Waals surface area contributed by atoms with Crippen LogP contribution in [0.25, 0.3) is 0 Å². The number of hydrogen-bond acceptors (Lipinski definition) is 8. The van der Waals surface area contributed by atoms with Gasteiger partial charge in [-0.3, -0.25) is 4.79 Å². The van der Waals surface area contributed by atoms with Crippen molar-refractivity contribution in [1.82, 2.24) is 15.0 Å². The number of carboxylic acids is 1. The first-order chi connectivity index (χ1) is 6.45. The summed E-state index contributed by atoms with van der Waals surface area (Å²) in [4.78, 5) is 28.4. The van der Waals surface area contributed by atoms with E-state index in [2.05, 4.69) is 15.0 Å². The van der Waals surface area contributed by atoms with Crippen molar-refractivity contribution in [2.45, 2.75) is 0 Å². The molecule has 0 saturated carbocycles. The number of carbonyl (C=O) groups excluding carboxylic acids is 1. The summed E-state index contributed by atoms with van der Waals surface area (Å²) in [5, 5.41) is 7.35. The average molecular weight is 200 g/mol. The third-order valence-corrected chi connectivity index (χ3v) is 0.788. The van der Waals surface area contributed by atoms with Crippen LogP contribution in [0.15, 0.2) is 0 Å². The summed E-state index contributed by atoms with van der Waals surface area (Å²) in [7, 11) is 0. The SMILES string of the molecule is Nc1nc(N)nc(N)n1.O=CC(=O)O. The molecule has 0 aliphatic rings. The number of rotatable bonds is 1. The molecular weight excluding hydrogens is 192 g/mol. The van der Waals surface area contributed by atoms with Crippen molar-refractivity contribution < 1.29 is 14.7 Å². The van der Waals surface area contributed by atoms with E-state index >= 15 is 0 Å². The number of aldehydes is 1. The van der Waals surface area contributed by atoms with Gasteiger partial charge in [0, 0.05) is 0 Å². The molecule has 0 atom stereocenters. The Balaban J connectivity index is 0.000000292. The Labute approximate surface area is 78.0 Å². The van der Waals surface area contributed by atoms with E-state index in [-0.39, 0.29) is 24.1 Å². The van der Waals surface area contributed by atoms with Gasteiger partial charge in [-0.15, -0.1) is 0 Å². The fraction of sp³-hybridized carbons (Fsp3) is 0. The van der Waals surface area contributed by atoms with E-state index in [1.165, 1.54) is 0 Å². The van der Waals surface area contributed by atoms with Gasteiger partial charge in [0.25, 0.3) is 0 Å². The fourth-order valence-electron chi connectivity index (χ4n) is 0.427. The van der Waals surface area contributed by atoms with Gasteiger partial charge >= 0.3 is 5.97 Å². The quantitative estimate of drug-likeness (QED) is 0.292. The number of carbonyl (C=O) groups is 2. The summed E-state index contributed by atoms with van der Waals surface area (Å²) in [6, 6.07) is 0. The van der Waals surface area contributed by atoms with E-state index in [1.807, 2.05) is 0 Å². The normalized spacial score (nSPS) is 8.29. The Bertz CT molecular complexity index is 290. The number of carboxylic acid groups (broad SMARTS) is 1. The molecule has 9 nitrogen and oxygen atoms in total. The van der Waals surface area contributed by atoms with Crippen molar-refractivity contribution in [3.05, 3.63) is 0 Å². The molecule has 0 aliphatic carbocycles. The van der Waals surface area contributed by atoms with Crippen LogP contribution in [-0.4, -0.2) is 32.3 Å². The van der Waals surface area contributed by atoms with Gasteiger partial charge in [0.05, 0.1) is 0 Å². The third kappa shape index (κ3) is 5.23. The van der Waals surface area contributed by atoms with Crippen molar-refractivity contribution in [1.29, 1.82) is 0 Å². The van der Waals surface area contributed by atoms with Crippen molar-refractivity contribution in [2.75, 3.05) is 17.2 Å². The maximum absolute atomic E-state index is 9.00. The lowest BCUT2D eigenvalue weighted by Crippen LogP contribution is -2.05. The van der Waals surface area contributed by atoms with Gasteiger partial charge in [0.2, 0.25) is 24.1 Å². The molecule has 1 aromatic rings. The first-order valence-corrected chi connectivity index (χ1v) is 3.16. The van der Waals surface area contributed by atoms with E-state index in [0.717, 1.165) is 0 Å². The number of hydrogen-bond donors (Lipinski definition) is 4. The molecule has 0 unspecified atom stereocenters. The number of nitrogens with two attached hydrogens (primary N) is 3. The Morgan fingerprint density at radius 2 is 1.29 bits per heavy atom. The van der Waals surface area contributed by atoms with Crippen LogP contribution in [0.3, 0.4) is 0 Å². The maximum atomic E-state index is 9.00. The number of nitrogen functional groups attached to an aromatic ring is 3. The summed E-state index contributed by atoms with van der Waals surface area (Å²) in [6.07, 6.45) is -0.167. The highest BCUT2D eigenvalue weighted by Crippen LogP contribution is 1.97. The lowest BCUT2D eigenvalue weighted by molar-refractivity contribution is -0.143. The molecule has 0 amide bonds. The van der Waals surface area contributed by atoms with Gasteiger partial charge < -0.3 is 22.3 Å². The second-order valence-corrected chi connectivity index (χ2v) is 1.87. The smallest absolute Gasteiger partial charge is 0.368 e. The van der Waals surface area contributed by atoms with Crippen molar-refractivity contribution in [3.63, 3.8) is 0 Å². The monoisotopic (exact) mass is 200 g/mol. The van der Waals surface area contributed by atoms with Gasteiger partial charge in [0.1, 0.15) is 0 Å². The lowest BCUT2D eigenvalue weighted by atomic mass is 10.8. The van der Waals surface area contributed by atoms with Crippen LogP contribution in [0.4, 0.5) is 17.8 Å². The van der Waals surface area contributed by atoms with Crippen molar-refractivity contribution in [3.8, 4) is 0 Å². The zero-order chi connectivity index (χ0) is 11.1. The summed E-state index contributed by atoms with van der Waals surface area (Å²) in [5.41, 5.74) is 15.4. The molecule has 1 rings (SSSR count). The highest BCUT2D eigenvalue weighted by Gasteiger charge is 1.93. The lowest BCUT2D eigenvalue weighted by Gasteiger charge is -1.93. The summed E-state index contributed by atoms with van der Waals surface area (Å²) in [6.45, 7) is 0. The summed E-state index contributed by atoms with van der Waals surface area (Å²) >= 11 is 0. The minimum absolute atomic E-state index is 0.0417. The Kier molecular flexibility index (Phi) is 4.32. The fourth-order valence-corrected chi connectivity index (χ4v) is 0.427. The van der Waals surface area contributed by atoms with Gasteiger partial charge in [-0.05, 0) is 0 Å². The molecule has 0 radical (unpaired) electrons. The predicted molar refractivity (Wildman–Crippen MR) is 46.8 cm³/mol. The van der Waals surface area contributed by atoms with E-state index in [1.54, 1.807) is 0 Å². The minimum atomic E-state index is -1.43. The number of nitrogens with zero attached hydrogens (tertiary/aromatic N) is 3. The van der Waals surface area contributed by atoms with Crippen LogP contribution < -0.4 is 17.2 Å². The molecule has 76 valence electrons. The standard InChI is InChI=1S/C3H6N6.C2H2O3/c4-1-7-2(5)9-3(6)8-1;3-1-2(4)5/h(H6,4,5,6,7,8,9);1H,(H,4,5). The van der Waals surface area contributed by atoms with E-state index in [9.17, 15) is 0 Å². The van der Waals surface area contributed by atoms with Gasteiger partial charge in [-0.25, -0.2) is 4.79 Å². The molecule has 1 aromatic heterocycles. The van der Waals surface area contributed by atoms with Crippen LogP contribution in [0.1, 0.15) is 0 Å². The topological polar surface area (TPSA) is 171 Å². The van der Waals surface area contributed by atoms with Crippen molar-refractivity contribution >= 4 is 30.1 Å². The first kappa shape index (κ1) is 11.6. The second-order valence-electron chi connectivity index (χ2n) is 1.87. The molecule has 0 spiro atoms. The second kappa shape index (κ2) is 5.24. The molecule has 0 saturated heterocycles. The van der Waals surface area contributed by atoms with Crippen LogP contribution in [0.2, 0.25) is 0 Å². The molecule has 0 aliphatic heterocycles. The Morgan fingerprint density at radius 1 is 1.07 bits per heavy atom. The zero-order valence-corrected chi connectivity index (χ0v) is 6.91. The molecule has 0 fully saturated rings. The molecule has 9 heteroatoms. The molecule has 1 heterocycles. The van der Waals surface area contributed by atoms with Crippen molar-refractivity contribution in [2.24, 2.45) is 0 Å². The van der Waals surface area contributed by atoms with E-state index < -0.39 is 5.97 Å².